The van der Waals surface area contributed by atoms with E-state index in [9.17, 15) is 14.7 Å². The predicted molar refractivity (Wildman–Crippen MR) is 150 cm³/mol. The first-order valence-corrected chi connectivity index (χ1v) is 13.6. The van der Waals surface area contributed by atoms with Gasteiger partial charge in [0.05, 0.1) is 6.20 Å². The van der Waals surface area contributed by atoms with E-state index in [4.69, 9.17) is 4.74 Å². The summed E-state index contributed by atoms with van der Waals surface area (Å²) in [4.78, 5) is 29.2. The van der Waals surface area contributed by atoms with Crippen molar-refractivity contribution in [2.24, 2.45) is 0 Å². The van der Waals surface area contributed by atoms with E-state index in [0.717, 1.165) is 60.2 Å². The summed E-state index contributed by atoms with van der Waals surface area (Å²) in [5.41, 5.74) is 4.00. The van der Waals surface area contributed by atoms with Crippen LogP contribution in [0, 0.1) is 6.92 Å². The number of aromatic nitrogens is 2. The molecule has 3 aromatic rings. The standard InChI is InChI=1S/C30H37N5O4/c1-20-6-13-26(39-30(2,3)28(36)37)15-27(20)34-14-4-5-24(19-34)33-29(38)35(25-11-12-25)18-21-7-9-22(10-8-21)23-16-31-32-17-23/h6-10,13,15-17,24-25H,4-5,11-12,14,18-19H2,1-3H3,(H,31,32)(H,33,38)(H,36,37)/t24-/m1/s1. The highest BCUT2D eigenvalue weighted by Gasteiger charge is 2.34. The molecule has 0 bridgehead atoms. The van der Waals surface area contributed by atoms with Crippen LogP contribution in [0.5, 0.6) is 5.75 Å². The monoisotopic (exact) mass is 531 g/mol. The Hall–Kier alpha value is -4.01. The van der Waals surface area contributed by atoms with Crippen molar-refractivity contribution in [2.75, 3.05) is 18.0 Å². The van der Waals surface area contributed by atoms with E-state index in [1.54, 1.807) is 20.0 Å². The molecular weight excluding hydrogens is 494 g/mol. The first-order valence-electron chi connectivity index (χ1n) is 13.6. The molecule has 5 rings (SSSR count). The maximum atomic E-state index is 13.4. The lowest BCUT2D eigenvalue weighted by molar-refractivity contribution is -0.152. The number of carboxylic acids is 1. The fraction of sp³-hybridized carbons (Fsp3) is 0.433. The van der Waals surface area contributed by atoms with Crippen molar-refractivity contribution < 1.29 is 19.4 Å². The first-order chi connectivity index (χ1) is 18.7. The Morgan fingerprint density at radius 3 is 2.59 bits per heavy atom. The minimum atomic E-state index is -1.32. The summed E-state index contributed by atoms with van der Waals surface area (Å²) in [5.74, 6) is -0.493. The van der Waals surface area contributed by atoms with Crippen molar-refractivity contribution in [1.82, 2.24) is 20.4 Å². The lowest BCUT2D eigenvalue weighted by Crippen LogP contribution is -2.52. The third kappa shape index (κ3) is 6.35. The Balaban J connectivity index is 1.23. The summed E-state index contributed by atoms with van der Waals surface area (Å²) in [6.45, 7) is 7.26. The number of hydrogen-bond donors (Lipinski definition) is 3. The molecule has 9 nitrogen and oxygen atoms in total. The number of nitrogens with one attached hydrogen (secondary N) is 2. The number of carbonyl (C=O) groups is 2. The van der Waals surface area contributed by atoms with Crippen LogP contribution in [0.1, 0.15) is 50.7 Å². The zero-order valence-corrected chi connectivity index (χ0v) is 22.8. The number of urea groups is 1. The molecule has 3 N–H and O–H groups in total. The van der Waals surface area contributed by atoms with Gasteiger partial charge in [-0.3, -0.25) is 5.10 Å². The molecule has 2 amide bonds. The molecule has 1 saturated carbocycles. The number of aliphatic carboxylic acids is 1. The average Bonchev–Trinajstić information content (AvgIpc) is 3.60. The number of amides is 2. The van der Waals surface area contributed by atoms with Crippen LogP contribution in [-0.2, 0) is 11.3 Å². The molecular formula is C30H37N5O4. The molecule has 0 spiro atoms. The molecule has 9 heteroatoms. The third-order valence-electron chi connectivity index (χ3n) is 7.55. The second kappa shape index (κ2) is 11.0. The second-order valence-corrected chi connectivity index (χ2v) is 11.1. The number of ether oxygens (including phenoxy) is 1. The van der Waals surface area contributed by atoms with Gasteiger partial charge in [-0.15, -0.1) is 0 Å². The normalized spacial score (nSPS) is 17.5. The molecule has 1 saturated heterocycles. The smallest absolute Gasteiger partial charge is 0.347 e. The molecule has 2 aromatic carbocycles. The van der Waals surface area contributed by atoms with Crippen LogP contribution in [0.25, 0.3) is 11.1 Å². The molecule has 1 atom stereocenters. The van der Waals surface area contributed by atoms with E-state index >= 15 is 0 Å². The van der Waals surface area contributed by atoms with E-state index in [-0.39, 0.29) is 18.1 Å². The topological polar surface area (TPSA) is 111 Å². The lowest BCUT2D eigenvalue weighted by Gasteiger charge is -2.37. The number of anilines is 1. The fourth-order valence-corrected chi connectivity index (χ4v) is 5.06. The van der Waals surface area contributed by atoms with Gasteiger partial charge in [0.1, 0.15) is 5.75 Å². The van der Waals surface area contributed by atoms with Gasteiger partial charge in [-0.1, -0.05) is 30.3 Å². The Kier molecular flexibility index (Phi) is 7.50. The van der Waals surface area contributed by atoms with Gasteiger partial charge in [-0.25, -0.2) is 9.59 Å². The van der Waals surface area contributed by atoms with Crippen molar-refractivity contribution in [3.63, 3.8) is 0 Å². The molecule has 2 aliphatic rings. The summed E-state index contributed by atoms with van der Waals surface area (Å²) < 4.78 is 5.78. The van der Waals surface area contributed by atoms with E-state index in [1.165, 1.54) is 0 Å². The average molecular weight is 532 g/mol. The number of piperidine rings is 1. The number of carbonyl (C=O) groups excluding carboxylic acids is 1. The number of carboxylic acid groups (broad SMARTS) is 1. The number of benzene rings is 2. The van der Waals surface area contributed by atoms with Gasteiger partial charge in [0, 0.05) is 55.2 Å². The summed E-state index contributed by atoms with van der Waals surface area (Å²) in [6.07, 6.45) is 7.62. The lowest BCUT2D eigenvalue weighted by atomic mass is 10.0. The minimum absolute atomic E-state index is 0.0136. The Morgan fingerprint density at radius 2 is 1.92 bits per heavy atom. The second-order valence-electron chi connectivity index (χ2n) is 11.1. The van der Waals surface area contributed by atoms with Crippen LogP contribution in [0.4, 0.5) is 10.5 Å². The number of H-pyrrole nitrogens is 1. The van der Waals surface area contributed by atoms with Gasteiger partial charge >= 0.3 is 12.0 Å². The van der Waals surface area contributed by atoms with E-state index in [1.807, 2.05) is 36.2 Å². The highest BCUT2D eigenvalue weighted by Crippen LogP contribution is 2.32. The minimum Gasteiger partial charge on any atom is -0.478 e. The highest BCUT2D eigenvalue weighted by atomic mass is 16.5. The fourth-order valence-electron chi connectivity index (χ4n) is 5.06. The van der Waals surface area contributed by atoms with Crippen LogP contribution in [0.3, 0.4) is 0 Å². The molecule has 1 aromatic heterocycles. The van der Waals surface area contributed by atoms with Crippen molar-refractivity contribution in [2.45, 2.75) is 70.7 Å². The SMILES string of the molecule is Cc1ccc(OC(C)(C)C(=O)O)cc1N1CCC[C@@H](NC(=O)N(Cc2ccc(-c3cn[nH]c3)cc2)C2CC2)C1. The van der Waals surface area contributed by atoms with Crippen LogP contribution >= 0.6 is 0 Å². The van der Waals surface area contributed by atoms with E-state index in [0.29, 0.717) is 18.8 Å². The Labute approximate surface area is 229 Å². The van der Waals surface area contributed by atoms with Gasteiger partial charge in [-0.05, 0) is 69.2 Å². The van der Waals surface area contributed by atoms with E-state index < -0.39 is 11.6 Å². The van der Waals surface area contributed by atoms with Crippen LogP contribution < -0.4 is 15.0 Å². The van der Waals surface area contributed by atoms with Crippen LogP contribution in [0.2, 0.25) is 0 Å². The predicted octanol–water partition coefficient (Wildman–Crippen LogP) is 4.97. The van der Waals surface area contributed by atoms with Gasteiger partial charge in [0.2, 0.25) is 0 Å². The highest BCUT2D eigenvalue weighted by molar-refractivity contribution is 5.77. The summed E-state index contributed by atoms with van der Waals surface area (Å²) >= 11 is 0. The maximum absolute atomic E-state index is 13.4. The zero-order valence-electron chi connectivity index (χ0n) is 22.8. The van der Waals surface area contributed by atoms with E-state index in [2.05, 4.69) is 44.7 Å². The van der Waals surface area contributed by atoms with Crippen molar-refractivity contribution in [3.8, 4) is 16.9 Å². The molecule has 39 heavy (non-hydrogen) atoms. The largest absolute Gasteiger partial charge is 0.478 e. The summed E-state index contributed by atoms with van der Waals surface area (Å²) in [6, 6.07) is 14.3. The van der Waals surface area contributed by atoms with Gasteiger partial charge in [0.25, 0.3) is 0 Å². The van der Waals surface area contributed by atoms with Gasteiger partial charge < -0.3 is 25.0 Å². The maximum Gasteiger partial charge on any atom is 0.347 e. The van der Waals surface area contributed by atoms with Crippen LogP contribution in [0.15, 0.2) is 54.9 Å². The first kappa shape index (κ1) is 26.6. The van der Waals surface area contributed by atoms with Crippen LogP contribution in [-0.4, -0.2) is 63.0 Å². The molecule has 2 fully saturated rings. The molecule has 0 radical (unpaired) electrons. The van der Waals surface area contributed by atoms with Crippen molar-refractivity contribution in [3.05, 3.63) is 66.0 Å². The number of aromatic amines is 1. The number of aryl methyl sites for hydroxylation is 1. The van der Waals surface area contributed by atoms with Gasteiger partial charge in [0.15, 0.2) is 5.60 Å². The Bertz CT molecular complexity index is 1300. The quantitative estimate of drug-likeness (QED) is 0.360. The molecule has 206 valence electrons. The number of hydrogen-bond acceptors (Lipinski definition) is 5. The molecule has 1 aliphatic carbocycles. The third-order valence-corrected chi connectivity index (χ3v) is 7.55. The molecule has 0 unspecified atom stereocenters. The molecule has 1 aliphatic heterocycles. The zero-order chi connectivity index (χ0) is 27.6. The Morgan fingerprint density at radius 1 is 1.15 bits per heavy atom. The molecule has 2 heterocycles. The number of rotatable bonds is 9. The van der Waals surface area contributed by atoms with Crippen molar-refractivity contribution in [1.29, 1.82) is 0 Å². The summed E-state index contributed by atoms with van der Waals surface area (Å²) in [7, 11) is 0. The van der Waals surface area contributed by atoms with Crippen molar-refractivity contribution >= 4 is 17.7 Å². The number of nitrogens with zero attached hydrogens (tertiary/aromatic N) is 3. The summed E-state index contributed by atoms with van der Waals surface area (Å²) in [5, 5.41) is 19.6. The van der Waals surface area contributed by atoms with Gasteiger partial charge in [-0.2, -0.15) is 5.10 Å².